The van der Waals surface area contributed by atoms with Crippen LogP contribution in [0.2, 0.25) is 0 Å². The number of aliphatic hydroxyl groups is 1. The third-order valence-electron chi connectivity index (χ3n) is 3.59. The Bertz CT molecular complexity index is 351. The molecule has 1 heterocycles. The molecule has 1 N–H and O–H groups in total. The second-order valence-corrected chi connectivity index (χ2v) is 4.58. The lowest BCUT2D eigenvalue weighted by Crippen LogP contribution is -2.41. The van der Waals surface area contributed by atoms with Crippen LogP contribution in [-0.4, -0.2) is 30.5 Å². The minimum absolute atomic E-state index is 0.223. The number of ether oxygens (including phenoxy) is 2. The molecular weight excluding hydrogens is 204 g/mol. The van der Waals surface area contributed by atoms with Gasteiger partial charge in [-0.2, -0.15) is 0 Å². The Balaban J connectivity index is 1.44. The number of fused-ring (bicyclic) bond motifs is 1. The van der Waals surface area contributed by atoms with Crippen molar-refractivity contribution in [3.63, 3.8) is 0 Å². The maximum Gasteiger partial charge on any atom is 0.0900 e. The number of rotatable bonds is 5. The largest absolute Gasteiger partial charge is 0.396 e. The molecule has 1 aliphatic carbocycles. The highest BCUT2D eigenvalue weighted by atomic mass is 16.6. The van der Waals surface area contributed by atoms with Crippen molar-refractivity contribution in [3.05, 3.63) is 35.9 Å². The molecule has 2 aliphatic rings. The first-order valence-corrected chi connectivity index (χ1v) is 5.78. The van der Waals surface area contributed by atoms with E-state index in [-0.39, 0.29) is 6.61 Å². The van der Waals surface area contributed by atoms with Crippen molar-refractivity contribution in [2.24, 2.45) is 11.8 Å². The maximum atomic E-state index is 9.13. The monoisotopic (exact) mass is 220 g/mol. The van der Waals surface area contributed by atoms with Crippen LogP contribution in [0.15, 0.2) is 30.3 Å². The lowest BCUT2D eigenvalue weighted by molar-refractivity contribution is 0.0239. The van der Waals surface area contributed by atoms with Crippen LogP contribution in [0, 0.1) is 11.8 Å². The highest BCUT2D eigenvalue weighted by molar-refractivity contribution is 5.13. The molecule has 0 spiro atoms. The van der Waals surface area contributed by atoms with Gasteiger partial charge in [0.1, 0.15) is 0 Å². The molecule has 3 nitrogen and oxygen atoms in total. The molecule has 0 radical (unpaired) electrons. The normalized spacial score (nSPS) is 35.3. The Morgan fingerprint density at radius 2 is 1.88 bits per heavy atom. The molecule has 1 saturated carbocycles. The average Bonchev–Trinajstić information content (AvgIpc) is 3.01. The number of benzene rings is 1. The van der Waals surface area contributed by atoms with E-state index in [0.29, 0.717) is 37.3 Å². The lowest BCUT2D eigenvalue weighted by Gasteiger charge is -2.29. The fourth-order valence-electron chi connectivity index (χ4n) is 2.51. The number of aliphatic hydroxyl groups excluding tert-OH is 1. The molecule has 4 atom stereocenters. The second kappa shape index (κ2) is 4.17. The first-order valence-electron chi connectivity index (χ1n) is 5.78. The highest BCUT2D eigenvalue weighted by Gasteiger charge is 2.63. The van der Waals surface area contributed by atoms with E-state index in [1.54, 1.807) is 0 Å². The number of hydrogen-bond donors (Lipinski definition) is 1. The zero-order valence-electron chi connectivity index (χ0n) is 9.08. The van der Waals surface area contributed by atoms with E-state index in [1.807, 2.05) is 18.2 Å². The van der Waals surface area contributed by atoms with Gasteiger partial charge in [0.2, 0.25) is 0 Å². The zero-order valence-corrected chi connectivity index (χ0v) is 9.08. The SMILES string of the molecule is OC[C@H]1[C@@H](COCc2ccccc2)[C@H]2O[C@@H]12. The Hall–Kier alpha value is -0.900. The highest BCUT2D eigenvalue weighted by Crippen LogP contribution is 2.51. The topological polar surface area (TPSA) is 42.0 Å². The molecular formula is C13H16O3. The van der Waals surface area contributed by atoms with Crippen molar-refractivity contribution >= 4 is 0 Å². The summed E-state index contributed by atoms with van der Waals surface area (Å²) in [6, 6.07) is 10.1. The van der Waals surface area contributed by atoms with Gasteiger partial charge in [-0.25, -0.2) is 0 Å². The van der Waals surface area contributed by atoms with Gasteiger partial charge in [-0.15, -0.1) is 0 Å². The minimum atomic E-state index is 0.223. The van der Waals surface area contributed by atoms with Crippen molar-refractivity contribution in [2.75, 3.05) is 13.2 Å². The quantitative estimate of drug-likeness (QED) is 0.758. The molecule has 1 aromatic carbocycles. The van der Waals surface area contributed by atoms with Crippen molar-refractivity contribution < 1.29 is 14.6 Å². The molecule has 0 aromatic heterocycles. The van der Waals surface area contributed by atoms with Crippen molar-refractivity contribution in [3.8, 4) is 0 Å². The lowest BCUT2D eigenvalue weighted by atomic mass is 9.75. The molecule has 86 valence electrons. The molecule has 1 saturated heterocycles. The fraction of sp³-hybridized carbons (Fsp3) is 0.538. The Morgan fingerprint density at radius 3 is 2.62 bits per heavy atom. The van der Waals surface area contributed by atoms with Crippen molar-refractivity contribution in [1.29, 1.82) is 0 Å². The summed E-state index contributed by atoms with van der Waals surface area (Å²) in [5.41, 5.74) is 1.19. The fourth-order valence-corrected chi connectivity index (χ4v) is 2.51. The summed E-state index contributed by atoms with van der Waals surface area (Å²) in [6.07, 6.45) is 0.697. The van der Waals surface area contributed by atoms with Crippen LogP contribution in [0.1, 0.15) is 5.56 Å². The van der Waals surface area contributed by atoms with E-state index in [9.17, 15) is 0 Å². The van der Waals surface area contributed by atoms with Crippen LogP contribution in [0.4, 0.5) is 0 Å². The Labute approximate surface area is 95.0 Å². The van der Waals surface area contributed by atoms with Gasteiger partial charge in [-0.1, -0.05) is 30.3 Å². The Kier molecular flexibility index (Phi) is 2.67. The Morgan fingerprint density at radius 1 is 1.12 bits per heavy atom. The maximum absolute atomic E-state index is 9.13. The number of hydrogen-bond acceptors (Lipinski definition) is 3. The van der Waals surface area contributed by atoms with Crippen LogP contribution in [0.5, 0.6) is 0 Å². The first-order chi connectivity index (χ1) is 7.90. The number of epoxide rings is 1. The van der Waals surface area contributed by atoms with Gasteiger partial charge in [0.25, 0.3) is 0 Å². The van der Waals surface area contributed by atoms with Gasteiger partial charge in [0.05, 0.1) is 25.4 Å². The summed E-state index contributed by atoms with van der Waals surface area (Å²) in [4.78, 5) is 0. The summed E-state index contributed by atoms with van der Waals surface area (Å²) in [7, 11) is 0. The first kappa shape index (κ1) is 10.3. The molecule has 0 unspecified atom stereocenters. The third-order valence-corrected chi connectivity index (χ3v) is 3.59. The van der Waals surface area contributed by atoms with E-state index in [0.717, 1.165) is 0 Å². The summed E-state index contributed by atoms with van der Waals surface area (Å²) < 4.78 is 11.1. The van der Waals surface area contributed by atoms with E-state index in [1.165, 1.54) is 5.56 Å². The standard InChI is InChI=1S/C13H16O3/c14-6-10-11(13-12(10)16-13)8-15-7-9-4-2-1-3-5-9/h1-5,10-14H,6-8H2/t10-,11+,12-,13+/m0/s1. The molecule has 3 rings (SSSR count). The zero-order chi connectivity index (χ0) is 11.0. The minimum Gasteiger partial charge on any atom is -0.396 e. The van der Waals surface area contributed by atoms with Crippen LogP contribution in [-0.2, 0) is 16.1 Å². The van der Waals surface area contributed by atoms with Gasteiger partial charge < -0.3 is 14.6 Å². The molecule has 1 aliphatic heterocycles. The summed E-state index contributed by atoms with van der Waals surface area (Å²) >= 11 is 0. The van der Waals surface area contributed by atoms with Crippen molar-refractivity contribution in [1.82, 2.24) is 0 Å². The second-order valence-electron chi connectivity index (χ2n) is 4.58. The van der Waals surface area contributed by atoms with E-state index >= 15 is 0 Å². The predicted molar refractivity (Wildman–Crippen MR) is 58.8 cm³/mol. The van der Waals surface area contributed by atoms with Gasteiger partial charge >= 0.3 is 0 Å². The van der Waals surface area contributed by atoms with Gasteiger partial charge in [-0.3, -0.25) is 0 Å². The smallest absolute Gasteiger partial charge is 0.0900 e. The van der Waals surface area contributed by atoms with E-state index in [4.69, 9.17) is 14.6 Å². The summed E-state index contributed by atoms with van der Waals surface area (Å²) in [5, 5.41) is 9.13. The van der Waals surface area contributed by atoms with Crippen LogP contribution < -0.4 is 0 Å². The van der Waals surface area contributed by atoms with Crippen molar-refractivity contribution in [2.45, 2.75) is 18.8 Å². The summed E-state index contributed by atoms with van der Waals surface area (Å²) in [6.45, 7) is 1.56. The van der Waals surface area contributed by atoms with Crippen LogP contribution >= 0.6 is 0 Å². The summed E-state index contributed by atoms with van der Waals surface area (Å²) in [5.74, 6) is 0.708. The average molecular weight is 220 g/mol. The molecule has 1 aromatic rings. The van der Waals surface area contributed by atoms with E-state index < -0.39 is 0 Å². The van der Waals surface area contributed by atoms with Gasteiger partial charge in [0, 0.05) is 18.4 Å². The molecule has 16 heavy (non-hydrogen) atoms. The molecule has 2 fully saturated rings. The molecule has 3 heteroatoms. The third kappa shape index (κ3) is 1.75. The van der Waals surface area contributed by atoms with E-state index in [2.05, 4.69) is 12.1 Å². The predicted octanol–water partition coefficient (Wildman–Crippen LogP) is 1.21. The van der Waals surface area contributed by atoms with Crippen LogP contribution in [0.3, 0.4) is 0 Å². The van der Waals surface area contributed by atoms with Gasteiger partial charge in [0.15, 0.2) is 0 Å². The van der Waals surface area contributed by atoms with Gasteiger partial charge in [-0.05, 0) is 5.56 Å². The molecule has 0 bridgehead atoms. The van der Waals surface area contributed by atoms with Crippen LogP contribution in [0.25, 0.3) is 0 Å². The molecule has 0 amide bonds.